The second kappa shape index (κ2) is 6.03. The predicted molar refractivity (Wildman–Crippen MR) is 65.4 cm³/mol. The number of methoxy groups -OCH3 is 1. The molecule has 0 unspecified atom stereocenters. The van der Waals surface area contributed by atoms with Crippen LogP contribution >= 0.6 is 0 Å². The van der Waals surface area contributed by atoms with Crippen molar-refractivity contribution in [3.05, 3.63) is 0 Å². The molecule has 17 heavy (non-hydrogen) atoms. The molecule has 0 aromatic rings. The molecule has 0 aromatic carbocycles. The maximum atomic E-state index is 11.8. The van der Waals surface area contributed by atoms with Crippen molar-refractivity contribution in [2.24, 2.45) is 11.3 Å². The van der Waals surface area contributed by atoms with Gasteiger partial charge in [-0.05, 0) is 26.2 Å². The van der Waals surface area contributed by atoms with Gasteiger partial charge in [0.15, 0.2) is 0 Å². The van der Waals surface area contributed by atoms with E-state index in [1.54, 1.807) is 13.8 Å². The van der Waals surface area contributed by atoms with Gasteiger partial charge in [-0.3, -0.25) is 9.59 Å². The van der Waals surface area contributed by atoms with Crippen molar-refractivity contribution in [3.8, 4) is 0 Å². The molecule has 0 atom stereocenters. The van der Waals surface area contributed by atoms with Crippen LogP contribution in [-0.4, -0.2) is 25.5 Å². The van der Waals surface area contributed by atoms with Crippen LogP contribution in [0.2, 0.25) is 0 Å². The number of ether oxygens (including phenoxy) is 1. The Bertz CT molecular complexity index is 280. The summed E-state index contributed by atoms with van der Waals surface area (Å²) < 4.78 is 4.62. The van der Waals surface area contributed by atoms with Crippen LogP contribution < -0.4 is 5.32 Å². The summed E-state index contributed by atoms with van der Waals surface area (Å²) in [7, 11) is 1.30. The summed E-state index contributed by atoms with van der Waals surface area (Å²) in [4.78, 5) is 23.2. The lowest BCUT2D eigenvalue weighted by molar-refractivity contribution is -0.156. The van der Waals surface area contributed by atoms with Gasteiger partial charge < -0.3 is 10.1 Å². The molecule has 98 valence electrons. The summed E-state index contributed by atoms with van der Waals surface area (Å²) >= 11 is 0. The van der Waals surface area contributed by atoms with Crippen LogP contribution in [0.15, 0.2) is 0 Å². The summed E-state index contributed by atoms with van der Waals surface area (Å²) in [6.45, 7) is 3.83. The van der Waals surface area contributed by atoms with Crippen LogP contribution in [0, 0.1) is 11.3 Å². The van der Waals surface area contributed by atoms with Gasteiger partial charge in [0.25, 0.3) is 0 Å². The van der Waals surface area contributed by atoms with Crippen molar-refractivity contribution in [2.75, 3.05) is 13.7 Å². The molecule has 0 saturated heterocycles. The Labute approximate surface area is 103 Å². The van der Waals surface area contributed by atoms with E-state index in [1.807, 2.05) is 0 Å². The van der Waals surface area contributed by atoms with Gasteiger partial charge in [0.2, 0.25) is 5.91 Å². The highest BCUT2D eigenvalue weighted by molar-refractivity contribution is 6.01. The first-order valence-electron chi connectivity index (χ1n) is 6.35. The quantitative estimate of drug-likeness (QED) is 0.590. The van der Waals surface area contributed by atoms with Gasteiger partial charge in [0, 0.05) is 6.54 Å². The zero-order valence-corrected chi connectivity index (χ0v) is 11.0. The highest BCUT2D eigenvalue weighted by atomic mass is 16.5. The van der Waals surface area contributed by atoms with Crippen molar-refractivity contribution in [1.82, 2.24) is 5.32 Å². The van der Waals surface area contributed by atoms with Crippen LogP contribution in [0.5, 0.6) is 0 Å². The molecule has 1 fully saturated rings. The number of rotatable bonds is 5. The van der Waals surface area contributed by atoms with Crippen LogP contribution in [0.25, 0.3) is 0 Å². The fourth-order valence-electron chi connectivity index (χ4n) is 2.26. The van der Waals surface area contributed by atoms with Gasteiger partial charge >= 0.3 is 5.97 Å². The molecular weight excluding hydrogens is 218 g/mol. The average molecular weight is 241 g/mol. The lowest BCUT2D eigenvalue weighted by atomic mass is 9.92. The van der Waals surface area contributed by atoms with E-state index in [4.69, 9.17) is 0 Å². The van der Waals surface area contributed by atoms with E-state index in [-0.39, 0.29) is 5.91 Å². The first-order valence-corrected chi connectivity index (χ1v) is 6.35. The number of hydrogen-bond acceptors (Lipinski definition) is 3. The van der Waals surface area contributed by atoms with Gasteiger partial charge in [-0.25, -0.2) is 0 Å². The van der Waals surface area contributed by atoms with Gasteiger partial charge in [-0.15, -0.1) is 0 Å². The third-order valence-corrected chi connectivity index (χ3v) is 3.58. The third kappa shape index (κ3) is 3.72. The molecule has 1 saturated carbocycles. The molecule has 1 aliphatic carbocycles. The van der Waals surface area contributed by atoms with Gasteiger partial charge in [0.1, 0.15) is 5.41 Å². The van der Waals surface area contributed by atoms with E-state index in [0.29, 0.717) is 6.54 Å². The molecular formula is C13H23NO3. The SMILES string of the molecule is COC(=O)C(C)(C)C(=O)NCCC1CCCC1. The zero-order valence-electron chi connectivity index (χ0n) is 11.0. The normalized spacial score (nSPS) is 16.9. The van der Waals surface area contributed by atoms with Crippen molar-refractivity contribution in [3.63, 3.8) is 0 Å². The van der Waals surface area contributed by atoms with Crippen LogP contribution in [0.1, 0.15) is 46.0 Å². The molecule has 0 aliphatic heterocycles. The summed E-state index contributed by atoms with van der Waals surface area (Å²) in [5, 5.41) is 2.83. The third-order valence-electron chi connectivity index (χ3n) is 3.58. The van der Waals surface area contributed by atoms with Crippen LogP contribution in [0.3, 0.4) is 0 Å². The molecule has 0 radical (unpaired) electrons. The molecule has 0 aromatic heterocycles. The molecule has 1 amide bonds. The predicted octanol–water partition coefficient (Wildman–Crippen LogP) is 1.88. The maximum absolute atomic E-state index is 11.8. The fourth-order valence-corrected chi connectivity index (χ4v) is 2.26. The monoisotopic (exact) mass is 241 g/mol. The Morgan fingerprint density at radius 3 is 2.41 bits per heavy atom. The largest absolute Gasteiger partial charge is 0.468 e. The van der Waals surface area contributed by atoms with Gasteiger partial charge in [0.05, 0.1) is 7.11 Å². The topological polar surface area (TPSA) is 55.4 Å². The van der Waals surface area contributed by atoms with Gasteiger partial charge in [-0.1, -0.05) is 25.7 Å². The standard InChI is InChI=1S/C13H23NO3/c1-13(2,12(16)17-3)11(15)14-9-8-10-6-4-5-7-10/h10H,4-9H2,1-3H3,(H,14,15). The molecule has 0 spiro atoms. The smallest absolute Gasteiger partial charge is 0.320 e. The Balaban J connectivity index is 2.30. The number of esters is 1. The van der Waals surface area contributed by atoms with E-state index in [9.17, 15) is 9.59 Å². The first-order chi connectivity index (χ1) is 7.98. The molecule has 1 rings (SSSR count). The summed E-state index contributed by atoms with van der Waals surface area (Å²) in [6.07, 6.45) is 6.19. The minimum absolute atomic E-state index is 0.248. The average Bonchev–Trinajstić information content (AvgIpc) is 2.80. The van der Waals surface area contributed by atoms with Gasteiger partial charge in [-0.2, -0.15) is 0 Å². The maximum Gasteiger partial charge on any atom is 0.320 e. The molecule has 0 heterocycles. The number of carbonyl (C=O) groups excluding carboxylic acids is 2. The Morgan fingerprint density at radius 2 is 1.88 bits per heavy atom. The molecule has 1 aliphatic rings. The van der Waals surface area contributed by atoms with Crippen molar-refractivity contribution in [2.45, 2.75) is 46.0 Å². The van der Waals surface area contributed by atoms with Crippen molar-refractivity contribution in [1.29, 1.82) is 0 Å². The number of nitrogens with one attached hydrogen (secondary N) is 1. The lowest BCUT2D eigenvalue weighted by Gasteiger charge is -2.21. The molecule has 4 heteroatoms. The highest BCUT2D eigenvalue weighted by Gasteiger charge is 2.36. The Hall–Kier alpha value is -1.06. The fraction of sp³-hybridized carbons (Fsp3) is 0.846. The first kappa shape index (κ1) is 14.0. The summed E-state index contributed by atoms with van der Waals surface area (Å²) in [5.41, 5.74) is -1.09. The van der Waals surface area contributed by atoms with E-state index >= 15 is 0 Å². The van der Waals surface area contributed by atoms with Crippen molar-refractivity contribution < 1.29 is 14.3 Å². The van der Waals surface area contributed by atoms with E-state index in [1.165, 1.54) is 32.8 Å². The summed E-state index contributed by atoms with van der Waals surface area (Å²) in [5.74, 6) is 0.00903. The number of hydrogen-bond donors (Lipinski definition) is 1. The second-order valence-electron chi connectivity index (χ2n) is 5.31. The molecule has 4 nitrogen and oxygen atoms in total. The van der Waals surface area contributed by atoms with Crippen molar-refractivity contribution >= 4 is 11.9 Å². The Morgan fingerprint density at radius 1 is 1.29 bits per heavy atom. The van der Waals surface area contributed by atoms with Crippen LogP contribution in [-0.2, 0) is 14.3 Å². The number of amides is 1. The zero-order chi connectivity index (χ0) is 12.9. The minimum atomic E-state index is -1.09. The summed E-state index contributed by atoms with van der Waals surface area (Å²) in [6, 6.07) is 0. The van der Waals surface area contributed by atoms with E-state index in [0.717, 1.165) is 12.3 Å². The van der Waals surface area contributed by atoms with E-state index in [2.05, 4.69) is 10.1 Å². The second-order valence-corrected chi connectivity index (χ2v) is 5.31. The Kier molecular flexibility index (Phi) is 4.97. The van der Waals surface area contributed by atoms with Crippen LogP contribution in [0.4, 0.5) is 0 Å². The van der Waals surface area contributed by atoms with E-state index < -0.39 is 11.4 Å². The highest BCUT2D eigenvalue weighted by Crippen LogP contribution is 2.27. The molecule has 0 bridgehead atoms. The number of carbonyl (C=O) groups is 2. The molecule has 1 N–H and O–H groups in total. The minimum Gasteiger partial charge on any atom is -0.468 e. The lowest BCUT2D eigenvalue weighted by Crippen LogP contribution is -2.43.